The maximum atomic E-state index is 3.66. The molecule has 0 aliphatic carbocycles. The summed E-state index contributed by atoms with van der Waals surface area (Å²) in [7, 11) is 0. The lowest BCUT2D eigenvalue weighted by molar-refractivity contribution is 0.407. The summed E-state index contributed by atoms with van der Waals surface area (Å²) >= 11 is 3.66. The monoisotopic (exact) mass is 282 g/mol. The molecule has 1 N–H and O–H groups in total. The first-order valence-corrected chi connectivity index (χ1v) is 6.62. The number of hydrogen-bond donors (Lipinski definition) is 1. The minimum atomic E-state index is 0.553. The van der Waals surface area contributed by atoms with E-state index < -0.39 is 0 Å². The van der Waals surface area contributed by atoms with E-state index >= 15 is 0 Å². The largest absolute Gasteiger partial charge is 0.368 e. The Morgan fingerprint density at radius 2 is 1.88 bits per heavy atom. The molecule has 1 saturated heterocycles. The first kappa shape index (κ1) is 11.9. The van der Waals surface area contributed by atoms with E-state index in [0.717, 1.165) is 13.1 Å². The highest BCUT2D eigenvalue weighted by atomic mass is 79.9. The Bertz CT molecular complexity index is 368. The fourth-order valence-electron chi connectivity index (χ4n) is 2.39. The molecule has 1 heterocycles. The Morgan fingerprint density at radius 1 is 1.25 bits per heavy atom. The van der Waals surface area contributed by atoms with E-state index in [1.165, 1.54) is 15.7 Å². The number of benzene rings is 1. The summed E-state index contributed by atoms with van der Waals surface area (Å²) in [4.78, 5) is 2.45. The van der Waals surface area contributed by atoms with Crippen molar-refractivity contribution in [3.05, 3.63) is 28.2 Å². The Morgan fingerprint density at radius 3 is 2.44 bits per heavy atom. The highest BCUT2D eigenvalue weighted by Crippen LogP contribution is 2.28. The second-order valence-electron chi connectivity index (χ2n) is 4.83. The molecule has 16 heavy (non-hydrogen) atoms. The molecule has 0 spiro atoms. The third-order valence-electron chi connectivity index (χ3n) is 3.00. The van der Waals surface area contributed by atoms with Gasteiger partial charge in [0, 0.05) is 29.6 Å². The van der Waals surface area contributed by atoms with E-state index in [4.69, 9.17) is 0 Å². The molecule has 1 aromatic carbocycles. The van der Waals surface area contributed by atoms with Crippen molar-refractivity contribution in [2.45, 2.75) is 32.9 Å². The quantitative estimate of drug-likeness (QED) is 0.852. The first-order valence-electron chi connectivity index (χ1n) is 5.83. The molecule has 2 rings (SSSR count). The normalized spacial score (nSPS) is 25.9. The van der Waals surface area contributed by atoms with Gasteiger partial charge >= 0.3 is 0 Å². The molecule has 88 valence electrons. The summed E-state index contributed by atoms with van der Waals surface area (Å²) in [5.74, 6) is 0. The SMILES string of the molecule is Cc1ccc(N2CC(C)NC(C)C2)c(Br)c1. The Labute approximate surface area is 106 Å². The fourth-order valence-corrected chi connectivity index (χ4v) is 3.14. The Balaban J connectivity index is 2.23. The average molecular weight is 283 g/mol. The standard InChI is InChI=1S/C13H19BrN2/c1-9-4-5-13(12(14)6-9)16-7-10(2)15-11(3)8-16/h4-6,10-11,15H,7-8H2,1-3H3. The lowest BCUT2D eigenvalue weighted by atomic mass is 10.1. The number of aryl methyl sites for hydroxylation is 1. The lowest BCUT2D eigenvalue weighted by Crippen LogP contribution is -2.54. The van der Waals surface area contributed by atoms with Crippen LogP contribution in [-0.2, 0) is 0 Å². The van der Waals surface area contributed by atoms with Crippen molar-refractivity contribution >= 4 is 21.6 Å². The van der Waals surface area contributed by atoms with Gasteiger partial charge in [-0.05, 0) is 54.4 Å². The number of hydrogen-bond acceptors (Lipinski definition) is 2. The smallest absolute Gasteiger partial charge is 0.0511 e. The molecular formula is C13H19BrN2. The van der Waals surface area contributed by atoms with Crippen molar-refractivity contribution in [1.29, 1.82) is 0 Å². The fraction of sp³-hybridized carbons (Fsp3) is 0.538. The third-order valence-corrected chi connectivity index (χ3v) is 3.64. The van der Waals surface area contributed by atoms with Crippen LogP contribution in [0.3, 0.4) is 0 Å². The van der Waals surface area contributed by atoms with Gasteiger partial charge in [-0.2, -0.15) is 0 Å². The molecule has 0 amide bonds. The van der Waals surface area contributed by atoms with Crippen molar-refractivity contribution in [2.75, 3.05) is 18.0 Å². The molecular weight excluding hydrogens is 264 g/mol. The van der Waals surface area contributed by atoms with Gasteiger partial charge in [-0.3, -0.25) is 0 Å². The van der Waals surface area contributed by atoms with Gasteiger partial charge in [0.25, 0.3) is 0 Å². The number of nitrogens with zero attached hydrogens (tertiary/aromatic N) is 1. The minimum Gasteiger partial charge on any atom is -0.368 e. The van der Waals surface area contributed by atoms with Crippen LogP contribution in [0.25, 0.3) is 0 Å². The number of halogens is 1. The van der Waals surface area contributed by atoms with Crippen molar-refractivity contribution < 1.29 is 0 Å². The molecule has 1 aliphatic rings. The van der Waals surface area contributed by atoms with E-state index in [1.54, 1.807) is 0 Å². The molecule has 1 fully saturated rings. The minimum absolute atomic E-state index is 0.553. The molecule has 0 radical (unpaired) electrons. The van der Waals surface area contributed by atoms with Gasteiger partial charge in [0.15, 0.2) is 0 Å². The zero-order chi connectivity index (χ0) is 11.7. The molecule has 2 atom stereocenters. The van der Waals surface area contributed by atoms with Gasteiger partial charge in [0.05, 0.1) is 5.69 Å². The van der Waals surface area contributed by atoms with Crippen LogP contribution in [0, 0.1) is 6.92 Å². The third kappa shape index (κ3) is 2.58. The second-order valence-corrected chi connectivity index (χ2v) is 5.68. The van der Waals surface area contributed by atoms with Crippen molar-refractivity contribution in [3.63, 3.8) is 0 Å². The zero-order valence-electron chi connectivity index (χ0n) is 10.1. The van der Waals surface area contributed by atoms with E-state index in [0.29, 0.717) is 12.1 Å². The summed E-state index contributed by atoms with van der Waals surface area (Å²) < 4.78 is 1.20. The lowest BCUT2D eigenvalue weighted by Gasteiger charge is -2.38. The summed E-state index contributed by atoms with van der Waals surface area (Å²) in [6.07, 6.45) is 0. The first-order chi connectivity index (χ1) is 7.56. The Hall–Kier alpha value is -0.540. The van der Waals surface area contributed by atoms with Gasteiger partial charge in [-0.25, -0.2) is 0 Å². The van der Waals surface area contributed by atoms with Crippen LogP contribution < -0.4 is 10.2 Å². The Kier molecular flexibility index (Phi) is 3.55. The molecule has 2 unspecified atom stereocenters. The predicted octanol–water partition coefficient (Wildman–Crippen LogP) is 2.94. The molecule has 2 nitrogen and oxygen atoms in total. The van der Waals surface area contributed by atoms with E-state index in [1.807, 2.05) is 0 Å². The summed E-state index contributed by atoms with van der Waals surface area (Å²) in [6, 6.07) is 7.68. The van der Waals surface area contributed by atoms with Gasteiger partial charge in [0.2, 0.25) is 0 Å². The van der Waals surface area contributed by atoms with Crippen LogP contribution in [0.15, 0.2) is 22.7 Å². The van der Waals surface area contributed by atoms with Crippen LogP contribution >= 0.6 is 15.9 Å². The van der Waals surface area contributed by atoms with Crippen LogP contribution in [0.4, 0.5) is 5.69 Å². The van der Waals surface area contributed by atoms with Gasteiger partial charge in [0.1, 0.15) is 0 Å². The maximum Gasteiger partial charge on any atom is 0.0511 e. The number of anilines is 1. The molecule has 3 heteroatoms. The number of nitrogens with one attached hydrogen (secondary N) is 1. The van der Waals surface area contributed by atoms with Crippen LogP contribution in [0.2, 0.25) is 0 Å². The van der Waals surface area contributed by atoms with Crippen LogP contribution in [-0.4, -0.2) is 25.2 Å². The summed E-state index contributed by atoms with van der Waals surface area (Å²) in [5.41, 5.74) is 2.61. The highest BCUT2D eigenvalue weighted by molar-refractivity contribution is 9.10. The highest BCUT2D eigenvalue weighted by Gasteiger charge is 2.22. The predicted molar refractivity (Wildman–Crippen MR) is 73.2 cm³/mol. The van der Waals surface area contributed by atoms with Crippen molar-refractivity contribution in [2.24, 2.45) is 0 Å². The second kappa shape index (κ2) is 4.76. The summed E-state index contributed by atoms with van der Waals surface area (Å²) in [6.45, 7) is 8.76. The van der Waals surface area contributed by atoms with Crippen LogP contribution in [0.5, 0.6) is 0 Å². The van der Waals surface area contributed by atoms with Crippen molar-refractivity contribution in [3.8, 4) is 0 Å². The topological polar surface area (TPSA) is 15.3 Å². The molecule has 0 aromatic heterocycles. The average Bonchev–Trinajstić information content (AvgIpc) is 2.15. The molecule has 1 aliphatic heterocycles. The van der Waals surface area contributed by atoms with Crippen LogP contribution in [0.1, 0.15) is 19.4 Å². The van der Waals surface area contributed by atoms with E-state index in [2.05, 4.69) is 65.1 Å². The zero-order valence-corrected chi connectivity index (χ0v) is 11.7. The van der Waals surface area contributed by atoms with Gasteiger partial charge < -0.3 is 10.2 Å². The van der Waals surface area contributed by atoms with Crippen molar-refractivity contribution in [1.82, 2.24) is 5.32 Å². The number of piperazine rings is 1. The maximum absolute atomic E-state index is 3.66. The van der Waals surface area contributed by atoms with Gasteiger partial charge in [-0.1, -0.05) is 6.07 Å². The summed E-state index contributed by atoms with van der Waals surface area (Å²) in [5, 5.41) is 3.55. The number of rotatable bonds is 1. The molecule has 0 bridgehead atoms. The van der Waals surface area contributed by atoms with Gasteiger partial charge in [-0.15, -0.1) is 0 Å². The molecule has 1 aromatic rings. The van der Waals surface area contributed by atoms with E-state index in [9.17, 15) is 0 Å². The van der Waals surface area contributed by atoms with E-state index in [-0.39, 0.29) is 0 Å². The molecule has 0 saturated carbocycles.